The zero-order valence-electron chi connectivity index (χ0n) is 13.2. The predicted molar refractivity (Wildman–Crippen MR) is 80.1 cm³/mol. The van der Waals surface area contributed by atoms with Gasteiger partial charge in [0.25, 0.3) is 0 Å². The van der Waals surface area contributed by atoms with E-state index in [0.717, 1.165) is 18.9 Å². The molecule has 120 valence electrons. The molecule has 1 rings (SSSR count). The van der Waals surface area contributed by atoms with Crippen LogP contribution in [-0.2, 0) is 12.6 Å². The molecule has 0 fully saturated rings. The molecule has 0 saturated heterocycles. The summed E-state index contributed by atoms with van der Waals surface area (Å²) in [6, 6.07) is 5.23. The number of benzene rings is 1. The van der Waals surface area contributed by atoms with Crippen LogP contribution in [0, 0.1) is 0 Å². The lowest BCUT2D eigenvalue weighted by Gasteiger charge is -2.43. The Balaban J connectivity index is 3.00. The van der Waals surface area contributed by atoms with Gasteiger partial charge in [-0.2, -0.15) is 13.2 Å². The smallest absolute Gasteiger partial charge is 0.326 e. The van der Waals surface area contributed by atoms with Gasteiger partial charge in [-0.1, -0.05) is 32.0 Å². The molecule has 0 saturated carbocycles. The Labute approximate surface area is 125 Å². The standard InChI is InChI=1S/C16H25F3N2/c1-5-15(6-2,21(3)4)14(20)11-12-8-7-9-13(10-12)16(17,18)19/h7-10,14H,5-6,11,20H2,1-4H3. The lowest BCUT2D eigenvalue weighted by Crippen LogP contribution is -2.57. The van der Waals surface area contributed by atoms with E-state index in [1.54, 1.807) is 6.07 Å². The summed E-state index contributed by atoms with van der Waals surface area (Å²) in [6.07, 6.45) is -2.16. The van der Waals surface area contributed by atoms with Gasteiger partial charge in [-0.05, 0) is 45.0 Å². The van der Waals surface area contributed by atoms with E-state index in [0.29, 0.717) is 12.0 Å². The summed E-state index contributed by atoms with van der Waals surface area (Å²) in [6.45, 7) is 4.13. The third-order valence-corrected chi connectivity index (χ3v) is 4.52. The van der Waals surface area contributed by atoms with Crippen molar-refractivity contribution in [3.05, 3.63) is 35.4 Å². The zero-order chi connectivity index (χ0) is 16.3. The Morgan fingerprint density at radius 3 is 2.14 bits per heavy atom. The van der Waals surface area contributed by atoms with E-state index in [9.17, 15) is 13.2 Å². The summed E-state index contributed by atoms with van der Waals surface area (Å²) >= 11 is 0. The molecule has 1 aromatic carbocycles. The van der Waals surface area contributed by atoms with Crippen molar-refractivity contribution in [2.75, 3.05) is 14.1 Å². The van der Waals surface area contributed by atoms with Gasteiger partial charge in [-0.3, -0.25) is 0 Å². The highest BCUT2D eigenvalue weighted by atomic mass is 19.4. The van der Waals surface area contributed by atoms with Crippen molar-refractivity contribution in [2.24, 2.45) is 5.73 Å². The molecule has 0 aliphatic carbocycles. The monoisotopic (exact) mass is 302 g/mol. The van der Waals surface area contributed by atoms with Crippen molar-refractivity contribution in [2.45, 2.75) is 50.9 Å². The van der Waals surface area contributed by atoms with Gasteiger partial charge in [0.1, 0.15) is 0 Å². The fraction of sp³-hybridized carbons (Fsp3) is 0.625. The van der Waals surface area contributed by atoms with Crippen molar-refractivity contribution in [1.82, 2.24) is 4.90 Å². The van der Waals surface area contributed by atoms with E-state index in [1.165, 1.54) is 12.1 Å². The summed E-state index contributed by atoms with van der Waals surface area (Å²) < 4.78 is 38.3. The quantitative estimate of drug-likeness (QED) is 0.868. The van der Waals surface area contributed by atoms with Gasteiger partial charge in [0.15, 0.2) is 0 Å². The van der Waals surface area contributed by atoms with Gasteiger partial charge in [0, 0.05) is 11.6 Å². The van der Waals surface area contributed by atoms with Crippen LogP contribution in [0.25, 0.3) is 0 Å². The Bertz CT molecular complexity index is 451. The third kappa shape index (κ3) is 3.98. The maximum Gasteiger partial charge on any atom is 0.416 e. The van der Waals surface area contributed by atoms with Crippen LogP contribution in [0.3, 0.4) is 0 Å². The van der Waals surface area contributed by atoms with Gasteiger partial charge in [0.05, 0.1) is 5.56 Å². The highest BCUT2D eigenvalue weighted by molar-refractivity contribution is 5.27. The molecule has 0 amide bonds. The number of nitrogens with two attached hydrogens (primary N) is 1. The van der Waals surface area contributed by atoms with Crippen LogP contribution < -0.4 is 5.73 Å². The van der Waals surface area contributed by atoms with E-state index in [-0.39, 0.29) is 11.6 Å². The minimum Gasteiger partial charge on any atom is -0.326 e. The summed E-state index contributed by atoms with van der Waals surface area (Å²) in [4.78, 5) is 2.09. The molecular weight excluding hydrogens is 277 g/mol. The van der Waals surface area contributed by atoms with Crippen molar-refractivity contribution in [3.63, 3.8) is 0 Å². The molecule has 0 radical (unpaired) electrons. The molecule has 0 aliphatic rings. The molecule has 0 bridgehead atoms. The Morgan fingerprint density at radius 1 is 1.14 bits per heavy atom. The van der Waals surface area contributed by atoms with E-state index < -0.39 is 11.7 Å². The number of nitrogens with zero attached hydrogens (tertiary/aromatic N) is 1. The minimum absolute atomic E-state index is 0.200. The molecule has 21 heavy (non-hydrogen) atoms. The zero-order valence-corrected chi connectivity index (χ0v) is 13.2. The van der Waals surface area contributed by atoms with Crippen molar-refractivity contribution >= 4 is 0 Å². The fourth-order valence-corrected chi connectivity index (χ4v) is 3.06. The first kappa shape index (κ1) is 18.0. The predicted octanol–water partition coefficient (Wildman–Crippen LogP) is 3.70. The summed E-state index contributed by atoms with van der Waals surface area (Å²) in [7, 11) is 3.94. The number of rotatable bonds is 6. The van der Waals surface area contributed by atoms with Crippen molar-refractivity contribution < 1.29 is 13.2 Å². The Morgan fingerprint density at radius 2 is 1.71 bits per heavy atom. The molecule has 2 nitrogen and oxygen atoms in total. The van der Waals surface area contributed by atoms with Crippen LogP contribution in [0.1, 0.15) is 37.8 Å². The normalized spacial score (nSPS) is 14.5. The van der Waals surface area contributed by atoms with Crippen LogP contribution in [0.15, 0.2) is 24.3 Å². The molecule has 1 aromatic rings. The maximum absolute atomic E-state index is 12.8. The second-order valence-electron chi connectivity index (χ2n) is 5.71. The van der Waals surface area contributed by atoms with Gasteiger partial charge >= 0.3 is 6.18 Å². The molecule has 1 unspecified atom stereocenters. The number of hydrogen-bond acceptors (Lipinski definition) is 2. The second-order valence-corrected chi connectivity index (χ2v) is 5.71. The van der Waals surface area contributed by atoms with E-state index in [1.807, 2.05) is 14.1 Å². The van der Waals surface area contributed by atoms with Crippen LogP contribution in [0.4, 0.5) is 13.2 Å². The second kappa shape index (κ2) is 6.79. The number of hydrogen-bond donors (Lipinski definition) is 1. The average molecular weight is 302 g/mol. The van der Waals surface area contributed by atoms with Crippen molar-refractivity contribution in [1.29, 1.82) is 0 Å². The SMILES string of the molecule is CCC(CC)(C(N)Cc1cccc(C(F)(F)F)c1)N(C)C. The fourth-order valence-electron chi connectivity index (χ4n) is 3.06. The molecule has 0 aromatic heterocycles. The van der Waals surface area contributed by atoms with Gasteiger partial charge in [0.2, 0.25) is 0 Å². The highest BCUT2D eigenvalue weighted by Crippen LogP contribution is 2.31. The van der Waals surface area contributed by atoms with Crippen LogP contribution in [0.2, 0.25) is 0 Å². The Hall–Kier alpha value is -1.07. The number of halogens is 3. The topological polar surface area (TPSA) is 29.3 Å². The van der Waals surface area contributed by atoms with Crippen LogP contribution in [-0.4, -0.2) is 30.6 Å². The molecule has 0 heterocycles. The molecule has 0 aliphatic heterocycles. The first-order valence-electron chi connectivity index (χ1n) is 7.26. The first-order valence-corrected chi connectivity index (χ1v) is 7.26. The largest absolute Gasteiger partial charge is 0.416 e. The van der Waals surface area contributed by atoms with Crippen LogP contribution >= 0.6 is 0 Å². The lowest BCUT2D eigenvalue weighted by molar-refractivity contribution is -0.137. The van der Waals surface area contributed by atoms with Crippen LogP contribution in [0.5, 0.6) is 0 Å². The number of likely N-dealkylation sites (N-methyl/N-ethyl adjacent to an activating group) is 1. The highest BCUT2D eigenvalue weighted by Gasteiger charge is 2.36. The lowest BCUT2D eigenvalue weighted by atomic mass is 9.80. The van der Waals surface area contributed by atoms with E-state index >= 15 is 0 Å². The van der Waals surface area contributed by atoms with E-state index in [4.69, 9.17) is 5.73 Å². The third-order valence-electron chi connectivity index (χ3n) is 4.52. The number of alkyl halides is 3. The molecule has 5 heteroatoms. The molecule has 1 atom stereocenters. The average Bonchev–Trinajstić information content (AvgIpc) is 2.39. The minimum atomic E-state index is -4.31. The Kier molecular flexibility index (Phi) is 5.82. The van der Waals surface area contributed by atoms with E-state index in [2.05, 4.69) is 18.7 Å². The summed E-state index contributed by atoms with van der Waals surface area (Å²) in [5, 5.41) is 0. The molecular formula is C16H25F3N2. The van der Waals surface area contributed by atoms with Crippen molar-refractivity contribution in [3.8, 4) is 0 Å². The molecule has 0 spiro atoms. The maximum atomic E-state index is 12.8. The van der Waals surface area contributed by atoms with Gasteiger partial charge in [-0.15, -0.1) is 0 Å². The molecule has 2 N–H and O–H groups in total. The summed E-state index contributed by atoms with van der Waals surface area (Å²) in [5.41, 5.74) is 6.16. The van der Waals surface area contributed by atoms with Gasteiger partial charge in [-0.25, -0.2) is 0 Å². The van der Waals surface area contributed by atoms with Gasteiger partial charge < -0.3 is 10.6 Å². The summed E-state index contributed by atoms with van der Waals surface area (Å²) in [5.74, 6) is 0. The first-order chi connectivity index (χ1) is 9.67.